The number of benzene rings is 1. The second-order valence-electron chi connectivity index (χ2n) is 3.85. The molecular formula is C13H14N2O4. The van der Waals surface area contributed by atoms with E-state index in [1.807, 2.05) is 18.2 Å². The Morgan fingerprint density at radius 2 is 2.16 bits per heavy atom. The molecule has 0 aliphatic heterocycles. The van der Waals surface area contributed by atoms with Gasteiger partial charge in [-0.15, -0.1) is 0 Å². The van der Waals surface area contributed by atoms with Gasteiger partial charge >= 0.3 is 5.97 Å². The molecule has 2 rings (SSSR count). The predicted molar refractivity (Wildman–Crippen MR) is 68.1 cm³/mol. The van der Waals surface area contributed by atoms with Crippen LogP contribution in [0.3, 0.4) is 0 Å². The largest absolute Gasteiger partial charge is 0.491 e. The highest BCUT2D eigenvalue weighted by Gasteiger charge is 1.99. The van der Waals surface area contributed by atoms with Crippen LogP contribution in [0.25, 0.3) is 10.9 Å². The van der Waals surface area contributed by atoms with Gasteiger partial charge in [0.05, 0.1) is 25.2 Å². The fourth-order valence-corrected chi connectivity index (χ4v) is 1.52. The van der Waals surface area contributed by atoms with Crippen LogP contribution in [-0.2, 0) is 9.53 Å². The molecule has 1 heterocycles. The first-order valence-electron chi connectivity index (χ1n) is 5.88. The number of rotatable bonds is 7. The highest BCUT2D eigenvalue weighted by molar-refractivity contribution is 5.78. The van der Waals surface area contributed by atoms with Crippen molar-refractivity contribution in [1.29, 1.82) is 0 Å². The molecule has 0 amide bonds. The van der Waals surface area contributed by atoms with E-state index in [1.165, 1.54) is 6.33 Å². The van der Waals surface area contributed by atoms with Gasteiger partial charge in [0.2, 0.25) is 0 Å². The molecule has 0 aliphatic carbocycles. The number of carbonyl (C=O) groups is 1. The molecule has 0 atom stereocenters. The Bertz CT molecular complexity index is 559. The lowest BCUT2D eigenvalue weighted by Gasteiger charge is -2.07. The Kier molecular flexibility index (Phi) is 4.63. The monoisotopic (exact) mass is 262 g/mol. The molecule has 1 aromatic carbocycles. The van der Waals surface area contributed by atoms with Gasteiger partial charge < -0.3 is 14.6 Å². The third-order valence-corrected chi connectivity index (χ3v) is 2.44. The maximum absolute atomic E-state index is 10.3. The van der Waals surface area contributed by atoms with Gasteiger partial charge in [-0.05, 0) is 12.1 Å². The minimum Gasteiger partial charge on any atom is -0.491 e. The van der Waals surface area contributed by atoms with Gasteiger partial charge in [-0.25, -0.2) is 9.97 Å². The van der Waals surface area contributed by atoms with E-state index in [2.05, 4.69) is 9.97 Å². The molecule has 0 bridgehead atoms. The van der Waals surface area contributed by atoms with Crippen LogP contribution in [0.4, 0.5) is 0 Å². The van der Waals surface area contributed by atoms with Crippen molar-refractivity contribution in [2.24, 2.45) is 0 Å². The average molecular weight is 262 g/mol. The van der Waals surface area contributed by atoms with Crippen LogP contribution in [0.1, 0.15) is 6.42 Å². The fourth-order valence-electron chi connectivity index (χ4n) is 1.52. The van der Waals surface area contributed by atoms with Crippen LogP contribution in [0.2, 0.25) is 0 Å². The molecule has 1 aromatic heterocycles. The molecule has 6 nitrogen and oxygen atoms in total. The maximum Gasteiger partial charge on any atom is 0.305 e. The van der Waals surface area contributed by atoms with Gasteiger partial charge in [0, 0.05) is 17.6 Å². The smallest absolute Gasteiger partial charge is 0.305 e. The van der Waals surface area contributed by atoms with Gasteiger partial charge in [-0.2, -0.15) is 0 Å². The summed E-state index contributed by atoms with van der Waals surface area (Å²) in [5.74, 6) is -0.164. The summed E-state index contributed by atoms with van der Waals surface area (Å²) in [6.07, 6.45) is 3.23. The van der Waals surface area contributed by atoms with Crippen LogP contribution in [0.5, 0.6) is 5.75 Å². The van der Waals surface area contributed by atoms with E-state index < -0.39 is 5.97 Å². The van der Waals surface area contributed by atoms with E-state index in [1.54, 1.807) is 6.20 Å². The second-order valence-corrected chi connectivity index (χ2v) is 3.85. The first-order chi connectivity index (χ1) is 9.25. The van der Waals surface area contributed by atoms with Crippen LogP contribution in [0.15, 0.2) is 30.7 Å². The SMILES string of the molecule is O=C(O)CCOCCOc1ccc2cncnc2c1. The van der Waals surface area contributed by atoms with Crippen molar-refractivity contribution >= 4 is 16.9 Å². The van der Waals surface area contributed by atoms with E-state index in [-0.39, 0.29) is 13.0 Å². The van der Waals surface area contributed by atoms with E-state index in [4.69, 9.17) is 14.6 Å². The number of ether oxygens (including phenoxy) is 2. The molecule has 6 heteroatoms. The molecule has 0 saturated carbocycles. The molecule has 0 fully saturated rings. The van der Waals surface area contributed by atoms with Crippen LogP contribution < -0.4 is 4.74 Å². The molecule has 0 spiro atoms. The highest BCUT2D eigenvalue weighted by Crippen LogP contribution is 2.17. The molecule has 19 heavy (non-hydrogen) atoms. The van der Waals surface area contributed by atoms with Gasteiger partial charge in [-0.3, -0.25) is 4.79 Å². The summed E-state index contributed by atoms with van der Waals surface area (Å²) >= 11 is 0. The molecule has 0 saturated heterocycles. The lowest BCUT2D eigenvalue weighted by atomic mass is 10.2. The quantitative estimate of drug-likeness (QED) is 0.761. The number of aromatic nitrogens is 2. The number of fused-ring (bicyclic) bond motifs is 1. The summed E-state index contributed by atoms with van der Waals surface area (Å²) in [6.45, 7) is 0.926. The van der Waals surface area contributed by atoms with E-state index in [9.17, 15) is 4.79 Å². The summed E-state index contributed by atoms with van der Waals surface area (Å²) in [7, 11) is 0. The zero-order valence-corrected chi connectivity index (χ0v) is 10.3. The first-order valence-corrected chi connectivity index (χ1v) is 5.88. The third kappa shape index (κ3) is 4.18. The number of aliphatic carboxylic acids is 1. The van der Waals surface area contributed by atoms with Gasteiger partial charge in [-0.1, -0.05) is 0 Å². The van der Waals surface area contributed by atoms with Gasteiger partial charge in [0.1, 0.15) is 18.7 Å². The van der Waals surface area contributed by atoms with Crippen molar-refractivity contribution in [1.82, 2.24) is 9.97 Å². The van der Waals surface area contributed by atoms with Crippen molar-refractivity contribution in [3.8, 4) is 5.75 Å². The lowest BCUT2D eigenvalue weighted by Crippen LogP contribution is -2.09. The number of hydrogen-bond acceptors (Lipinski definition) is 5. The van der Waals surface area contributed by atoms with Crippen LogP contribution in [0, 0.1) is 0 Å². The summed E-state index contributed by atoms with van der Waals surface area (Å²) < 4.78 is 10.6. The van der Waals surface area contributed by atoms with Crippen molar-refractivity contribution < 1.29 is 19.4 Å². The number of nitrogens with zero attached hydrogens (tertiary/aromatic N) is 2. The minimum absolute atomic E-state index is 0.00684. The van der Waals surface area contributed by atoms with E-state index >= 15 is 0 Å². The lowest BCUT2D eigenvalue weighted by molar-refractivity contribution is -0.138. The Labute approximate surface area is 110 Å². The van der Waals surface area contributed by atoms with Crippen molar-refractivity contribution in [2.75, 3.05) is 19.8 Å². The zero-order chi connectivity index (χ0) is 13.5. The van der Waals surface area contributed by atoms with Crippen LogP contribution >= 0.6 is 0 Å². The predicted octanol–water partition coefficient (Wildman–Crippen LogP) is 1.50. The highest BCUT2D eigenvalue weighted by atomic mass is 16.5. The Morgan fingerprint density at radius 3 is 3.00 bits per heavy atom. The average Bonchev–Trinajstić information content (AvgIpc) is 2.42. The van der Waals surface area contributed by atoms with Gasteiger partial charge in [0.15, 0.2) is 0 Å². The third-order valence-electron chi connectivity index (χ3n) is 2.44. The fraction of sp³-hybridized carbons (Fsp3) is 0.308. The number of hydrogen-bond donors (Lipinski definition) is 1. The summed E-state index contributed by atoms with van der Waals surface area (Å²) in [5.41, 5.74) is 0.819. The number of carboxylic acids is 1. The van der Waals surface area contributed by atoms with Crippen molar-refractivity contribution in [2.45, 2.75) is 6.42 Å². The molecule has 2 aromatic rings. The Balaban J connectivity index is 1.77. The first kappa shape index (κ1) is 13.2. The maximum atomic E-state index is 10.3. The van der Waals surface area contributed by atoms with Gasteiger partial charge in [0.25, 0.3) is 0 Å². The Morgan fingerprint density at radius 1 is 1.26 bits per heavy atom. The normalized spacial score (nSPS) is 10.5. The molecule has 0 aliphatic rings. The second kappa shape index (κ2) is 6.65. The summed E-state index contributed by atoms with van der Waals surface area (Å²) in [6, 6.07) is 5.55. The van der Waals surface area contributed by atoms with E-state index in [0.29, 0.717) is 19.0 Å². The zero-order valence-electron chi connectivity index (χ0n) is 10.3. The molecule has 1 N–H and O–H groups in total. The standard InChI is InChI=1S/C13H14N2O4/c16-13(17)3-4-18-5-6-19-11-2-1-10-8-14-9-15-12(10)7-11/h1-2,7-9H,3-6H2,(H,16,17). The molecule has 100 valence electrons. The number of carboxylic acid groups (broad SMARTS) is 1. The summed E-state index contributed by atoms with van der Waals surface area (Å²) in [4.78, 5) is 18.3. The van der Waals surface area contributed by atoms with Crippen LogP contribution in [-0.4, -0.2) is 40.9 Å². The van der Waals surface area contributed by atoms with E-state index in [0.717, 1.165) is 10.9 Å². The summed E-state index contributed by atoms with van der Waals surface area (Å²) in [5, 5.41) is 9.38. The molecule has 0 radical (unpaired) electrons. The van der Waals surface area contributed by atoms with Crippen molar-refractivity contribution in [3.05, 3.63) is 30.7 Å². The topological polar surface area (TPSA) is 81.5 Å². The molecular weight excluding hydrogens is 248 g/mol. The molecule has 0 unspecified atom stereocenters. The van der Waals surface area contributed by atoms with Crippen molar-refractivity contribution in [3.63, 3.8) is 0 Å². The Hall–Kier alpha value is -2.21. The minimum atomic E-state index is -0.866.